The number of hydrogen-bond acceptors (Lipinski definition) is 5. The summed E-state index contributed by atoms with van der Waals surface area (Å²) in [5.41, 5.74) is 2.37. The monoisotopic (exact) mass is 458 g/mol. The van der Waals surface area contributed by atoms with E-state index in [1.807, 2.05) is 32.0 Å². The number of nitrogens with one attached hydrogen (secondary N) is 1. The molecule has 2 aromatic rings. The molecule has 1 amide bonds. The SMILES string of the molecule is CCCOc1ccc(C(C)NC(=O)/C=C/c2ccc(N3CCCS3(=O)=O)cc2)cc1OC. The van der Waals surface area contributed by atoms with Gasteiger partial charge in [-0.2, -0.15) is 0 Å². The standard InChI is InChI=1S/C24H30N2O5S/c1-4-15-31-22-12-9-20(17-23(22)30-3)18(2)25-24(27)13-8-19-6-10-21(11-7-19)26-14-5-16-32(26,28)29/h6-13,17-18H,4-5,14-16H2,1-3H3,(H,25,27)/b13-8+. The van der Waals surface area contributed by atoms with Crippen molar-refractivity contribution in [2.75, 3.05) is 30.3 Å². The van der Waals surface area contributed by atoms with Crippen LogP contribution in [-0.2, 0) is 14.8 Å². The minimum Gasteiger partial charge on any atom is -0.493 e. The Morgan fingerprint density at radius 1 is 1.19 bits per heavy atom. The van der Waals surface area contributed by atoms with Gasteiger partial charge in [-0.25, -0.2) is 8.42 Å². The zero-order valence-electron chi connectivity index (χ0n) is 18.7. The van der Waals surface area contributed by atoms with E-state index in [1.54, 1.807) is 37.5 Å². The fourth-order valence-corrected chi connectivity index (χ4v) is 5.05. The van der Waals surface area contributed by atoms with Gasteiger partial charge in [0.15, 0.2) is 11.5 Å². The van der Waals surface area contributed by atoms with Crippen molar-refractivity contribution in [2.45, 2.75) is 32.7 Å². The predicted octanol–water partition coefficient (Wildman–Crippen LogP) is 3.91. The van der Waals surface area contributed by atoms with Gasteiger partial charge in [-0.3, -0.25) is 9.10 Å². The lowest BCUT2D eigenvalue weighted by molar-refractivity contribution is -0.117. The quantitative estimate of drug-likeness (QED) is 0.576. The summed E-state index contributed by atoms with van der Waals surface area (Å²) < 4.78 is 36.6. The molecule has 0 saturated carbocycles. The third-order valence-corrected chi connectivity index (χ3v) is 7.09. The van der Waals surface area contributed by atoms with E-state index in [4.69, 9.17) is 9.47 Å². The Kier molecular flexibility index (Phi) is 7.80. The van der Waals surface area contributed by atoms with Gasteiger partial charge in [-0.1, -0.05) is 25.1 Å². The van der Waals surface area contributed by atoms with Crippen LogP contribution in [-0.4, -0.2) is 40.3 Å². The Morgan fingerprint density at radius 3 is 2.56 bits per heavy atom. The fourth-order valence-electron chi connectivity index (χ4n) is 3.48. The average Bonchev–Trinajstić information content (AvgIpc) is 3.15. The maximum atomic E-state index is 12.4. The summed E-state index contributed by atoms with van der Waals surface area (Å²) in [6.07, 6.45) is 4.72. The van der Waals surface area contributed by atoms with Crippen molar-refractivity contribution >= 4 is 27.7 Å². The number of rotatable bonds is 9. The Balaban J connectivity index is 1.60. The smallest absolute Gasteiger partial charge is 0.244 e. The van der Waals surface area contributed by atoms with Gasteiger partial charge >= 0.3 is 0 Å². The number of anilines is 1. The van der Waals surface area contributed by atoms with E-state index in [1.165, 1.54) is 10.4 Å². The van der Waals surface area contributed by atoms with Crippen LogP contribution in [0.4, 0.5) is 5.69 Å². The highest BCUT2D eigenvalue weighted by Crippen LogP contribution is 2.30. The molecule has 2 aromatic carbocycles. The molecular formula is C24H30N2O5S. The minimum absolute atomic E-state index is 0.188. The summed E-state index contributed by atoms with van der Waals surface area (Å²) in [5, 5.41) is 2.94. The van der Waals surface area contributed by atoms with Crippen molar-refractivity contribution in [2.24, 2.45) is 0 Å². The van der Waals surface area contributed by atoms with E-state index in [0.29, 0.717) is 36.8 Å². The first kappa shape index (κ1) is 23.7. The van der Waals surface area contributed by atoms with Crippen LogP contribution in [0.2, 0.25) is 0 Å². The number of carbonyl (C=O) groups excluding carboxylic acids is 1. The second-order valence-electron chi connectivity index (χ2n) is 7.66. The van der Waals surface area contributed by atoms with Gasteiger partial charge in [0.1, 0.15) is 0 Å². The number of ether oxygens (including phenoxy) is 2. The predicted molar refractivity (Wildman–Crippen MR) is 127 cm³/mol. The Labute approximate surface area is 190 Å². The van der Waals surface area contributed by atoms with Gasteiger partial charge in [0.2, 0.25) is 15.9 Å². The van der Waals surface area contributed by atoms with Crippen LogP contribution in [0, 0.1) is 0 Å². The summed E-state index contributed by atoms with van der Waals surface area (Å²) in [4.78, 5) is 12.4. The largest absolute Gasteiger partial charge is 0.493 e. The van der Waals surface area contributed by atoms with Crippen molar-refractivity contribution in [3.63, 3.8) is 0 Å². The van der Waals surface area contributed by atoms with E-state index >= 15 is 0 Å². The van der Waals surface area contributed by atoms with Gasteiger partial charge in [-0.15, -0.1) is 0 Å². The molecule has 0 aliphatic carbocycles. The lowest BCUT2D eigenvalue weighted by atomic mass is 10.1. The van der Waals surface area contributed by atoms with Crippen LogP contribution < -0.4 is 19.1 Å². The third kappa shape index (κ3) is 5.82. The molecule has 0 spiro atoms. The Morgan fingerprint density at radius 2 is 1.94 bits per heavy atom. The van der Waals surface area contributed by atoms with E-state index in [0.717, 1.165) is 17.5 Å². The first-order chi connectivity index (χ1) is 15.3. The van der Waals surface area contributed by atoms with Crippen LogP contribution in [0.1, 0.15) is 43.9 Å². The van der Waals surface area contributed by atoms with Crippen LogP contribution in [0.5, 0.6) is 11.5 Å². The zero-order valence-corrected chi connectivity index (χ0v) is 19.5. The zero-order chi connectivity index (χ0) is 23.1. The number of methoxy groups -OCH3 is 1. The van der Waals surface area contributed by atoms with Gasteiger partial charge in [0.05, 0.1) is 31.2 Å². The number of sulfonamides is 1. The first-order valence-electron chi connectivity index (χ1n) is 10.7. The fraction of sp³-hybridized carbons (Fsp3) is 0.375. The normalized spacial score (nSPS) is 16.2. The van der Waals surface area contributed by atoms with Crippen LogP contribution >= 0.6 is 0 Å². The van der Waals surface area contributed by atoms with E-state index in [2.05, 4.69) is 5.32 Å². The lowest BCUT2D eigenvalue weighted by Gasteiger charge is -2.17. The van der Waals surface area contributed by atoms with E-state index < -0.39 is 10.0 Å². The molecule has 1 saturated heterocycles. The molecule has 1 aliphatic heterocycles. The van der Waals surface area contributed by atoms with Crippen molar-refractivity contribution in [1.29, 1.82) is 0 Å². The second-order valence-corrected chi connectivity index (χ2v) is 9.67. The topological polar surface area (TPSA) is 84.9 Å². The molecule has 1 fully saturated rings. The number of nitrogens with zero attached hydrogens (tertiary/aromatic N) is 1. The summed E-state index contributed by atoms with van der Waals surface area (Å²) in [6.45, 7) is 5.06. The molecule has 32 heavy (non-hydrogen) atoms. The maximum Gasteiger partial charge on any atom is 0.244 e. The molecular weight excluding hydrogens is 428 g/mol. The molecule has 0 aromatic heterocycles. The summed E-state index contributed by atoms with van der Waals surface area (Å²) >= 11 is 0. The Bertz CT molecular complexity index is 1060. The highest BCUT2D eigenvalue weighted by atomic mass is 32.2. The van der Waals surface area contributed by atoms with Crippen molar-refractivity contribution < 1.29 is 22.7 Å². The van der Waals surface area contributed by atoms with Gasteiger partial charge < -0.3 is 14.8 Å². The maximum absolute atomic E-state index is 12.4. The minimum atomic E-state index is -3.20. The van der Waals surface area contributed by atoms with Crippen LogP contribution in [0.25, 0.3) is 6.08 Å². The summed E-state index contributed by atoms with van der Waals surface area (Å²) in [6, 6.07) is 12.5. The molecule has 0 bridgehead atoms. The molecule has 172 valence electrons. The molecule has 1 atom stereocenters. The number of benzene rings is 2. The molecule has 0 radical (unpaired) electrons. The van der Waals surface area contributed by atoms with Crippen molar-refractivity contribution in [3.8, 4) is 11.5 Å². The molecule has 1 unspecified atom stereocenters. The molecule has 1 heterocycles. The van der Waals surface area contributed by atoms with E-state index in [9.17, 15) is 13.2 Å². The molecule has 3 rings (SSSR count). The molecule has 8 heteroatoms. The first-order valence-corrected chi connectivity index (χ1v) is 12.3. The van der Waals surface area contributed by atoms with Gasteiger partial charge in [0.25, 0.3) is 0 Å². The highest BCUT2D eigenvalue weighted by molar-refractivity contribution is 7.93. The van der Waals surface area contributed by atoms with Crippen molar-refractivity contribution in [3.05, 3.63) is 59.7 Å². The Hall–Kier alpha value is -3.00. The molecule has 1 aliphatic rings. The summed E-state index contributed by atoms with van der Waals surface area (Å²) in [5.74, 6) is 1.27. The highest BCUT2D eigenvalue weighted by Gasteiger charge is 2.28. The van der Waals surface area contributed by atoms with Crippen molar-refractivity contribution in [1.82, 2.24) is 5.32 Å². The lowest BCUT2D eigenvalue weighted by Crippen LogP contribution is -2.25. The summed E-state index contributed by atoms with van der Waals surface area (Å²) in [7, 11) is -1.61. The van der Waals surface area contributed by atoms with Crippen LogP contribution in [0.15, 0.2) is 48.5 Å². The molecule has 1 N–H and O–H groups in total. The second kappa shape index (κ2) is 10.5. The van der Waals surface area contributed by atoms with E-state index in [-0.39, 0.29) is 17.7 Å². The number of amides is 1. The van der Waals surface area contributed by atoms with Gasteiger partial charge in [-0.05, 0) is 61.2 Å². The third-order valence-electron chi connectivity index (χ3n) is 5.22. The average molecular weight is 459 g/mol. The number of carbonyl (C=O) groups is 1. The van der Waals surface area contributed by atoms with Gasteiger partial charge in [0, 0.05) is 12.6 Å². The number of hydrogen-bond donors (Lipinski definition) is 1. The molecule has 7 nitrogen and oxygen atoms in total. The van der Waals surface area contributed by atoms with Crippen LogP contribution in [0.3, 0.4) is 0 Å².